The fourth-order valence-corrected chi connectivity index (χ4v) is 5.31. The molecule has 0 fully saturated rings. The molecule has 0 saturated heterocycles. The molecule has 3 N–H and O–H groups in total. The summed E-state index contributed by atoms with van der Waals surface area (Å²) in [5, 5.41) is 19.3. The van der Waals surface area contributed by atoms with E-state index in [2.05, 4.69) is 34.4 Å². The SMILES string of the molecule is Cc1c(C(=O)O)ccc2c1CC[C@@H]2NC(=O)c1cc(C(=O)NCc2ccc3nsnc3c2)nc2ncnn12. The lowest BCUT2D eigenvalue weighted by atomic mass is 9.98. The van der Waals surface area contributed by atoms with Crippen LogP contribution in [0, 0.1) is 6.92 Å². The van der Waals surface area contributed by atoms with Gasteiger partial charge in [0.1, 0.15) is 28.7 Å². The van der Waals surface area contributed by atoms with Gasteiger partial charge in [0.05, 0.1) is 23.3 Å². The summed E-state index contributed by atoms with van der Waals surface area (Å²) in [7, 11) is 0. The van der Waals surface area contributed by atoms with Gasteiger partial charge in [-0.3, -0.25) is 9.59 Å². The fourth-order valence-electron chi connectivity index (χ4n) is 4.79. The monoisotopic (exact) mass is 528 g/mol. The minimum Gasteiger partial charge on any atom is -0.478 e. The van der Waals surface area contributed by atoms with Crippen LogP contribution in [-0.2, 0) is 13.0 Å². The minimum absolute atomic E-state index is 0.0285. The van der Waals surface area contributed by atoms with E-state index in [1.54, 1.807) is 19.1 Å². The number of aromatic nitrogens is 6. The summed E-state index contributed by atoms with van der Waals surface area (Å²) in [6, 6.07) is 9.95. The number of nitrogens with one attached hydrogen (secondary N) is 2. The second-order valence-electron chi connectivity index (χ2n) is 8.94. The molecular formula is C25H20N8O4S. The Morgan fingerprint density at radius 2 is 1.95 bits per heavy atom. The predicted octanol–water partition coefficient (Wildman–Crippen LogP) is 2.48. The van der Waals surface area contributed by atoms with E-state index in [0.717, 1.165) is 39.5 Å². The van der Waals surface area contributed by atoms with Gasteiger partial charge in [0.2, 0.25) is 0 Å². The maximum Gasteiger partial charge on any atom is 0.335 e. The number of nitrogens with zero attached hydrogens (tertiary/aromatic N) is 6. The normalized spacial score (nSPS) is 14.5. The summed E-state index contributed by atoms with van der Waals surface area (Å²) in [4.78, 5) is 46.2. The summed E-state index contributed by atoms with van der Waals surface area (Å²) in [5.41, 5.74) is 5.32. The first-order valence-corrected chi connectivity index (χ1v) is 12.5. The average molecular weight is 529 g/mol. The molecule has 2 aromatic carbocycles. The number of fused-ring (bicyclic) bond motifs is 3. The van der Waals surface area contributed by atoms with Gasteiger partial charge in [-0.1, -0.05) is 12.1 Å². The fraction of sp³-hybridized carbons (Fsp3) is 0.200. The van der Waals surface area contributed by atoms with E-state index in [0.29, 0.717) is 18.4 Å². The van der Waals surface area contributed by atoms with Crippen LogP contribution in [0.1, 0.15) is 66.1 Å². The van der Waals surface area contributed by atoms with E-state index in [1.807, 2.05) is 18.2 Å². The number of benzene rings is 2. The molecule has 3 aromatic heterocycles. The van der Waals surface area contributed by atoms with Gasteiger partial charge in [-0.25, -0.2) is 9.78 Å². The molecule has 3 heterocycles. The van der Waals surface area contributed by atoms with Crippen molar-refractivity contribution in [2.75, 3.05) is 0 Å². The first-order valence-electron chi connectivity index (χ1n) is 11.8. The summed E-state index contributed by atoms with van der Waals surface area (Å²) in [6.07, 6.45) is 2.54. The van der Waals surface area contributed by atoms with Crippen molar-refractivity contribution in [3.8, 4) is 0 Å². The molecule has 2 amide bonds. The van der Waals surface area contributed by atoms with Crippen LogP contribution in [0.4, 0.5) is 0 Å². The van der Waals surface area contributed by atoms with Gasteiger partial charge in [-0.2, -0.15) is 23.3 Å². The van der Waals surface area contributed by atoms with Crippen molar-refractivity contribution in [3.63, 3.8) is 0 Å². The Bertz CT molecular complexity index is 1760. The molecule has 1 atom stereocenters. The highest BCUT2D eigenvalue weighted by molar-refractivity contribution is 7.00. The Hall–Kier alpha value is -4.78. The van der Waals surface area contributed by atoms with E-state index < -0.39 is 17.8 Å². The molecule has 0 bridgehead atoms. The predicted molar refractivity (Wildman–Crippen MR) is 136 cm³/mol. The van der Waals surface area contributed by atoms with Crippen LogP contribution in [0.25, 0.3) is 16.8 Å². The number of hydrogen-bond donors (Lipinski definition) is 3. The molecule has 6 rings (SSSR count). The number of carboxylic acid groups (broad SMARTS) is 1. The van der Waals surface area contributed by atoms with Gasteiger partial charge in [-0.05, 0) is 60.2 Å². The van der Waals surface area contributed by atoms with E-state index in [4.69, 9.17) is 0 Å². The van der Waals surface area contributed by atoms with Crippen molar-refractivity contribution in [2.24, 2.45) is 0 Å². The van der Waals surface area contributed by atoms with Crippen LogP contribution in [0.3, 0.4) is 0 Å². The van der Waals surface area contributed by atoms with Gasteiger partial charge in [0.15, 0.2) is 0 Å². The summed E-state index contributed by atoms with van der Waals surface area (Å²) >= 11 is 1.12. The van der Waals surface area contributed by atoms with Gasteiger partial charge in [-0.15, -0.1) is 0 Å². The van der Waals surface area contributed by atoms with Crippen molar-refractivity contribution in [2.45, 2.75) is 32.4 Å². The van der Waals surface area contributed by atoms with Crippen LogP contribution >= 0.6 is 11.7 Å². The van der Waals surface area contributed by atoms with Gasteiger partial charge in [0, 0.05) is 12.6 Å². The second-order valence-corrected chi connectivity index (χ2v) is 9.47. The molecule has 0 unspecified atom stereocenters. The Balaban J connectivity index is 1.23. The zero-order valence-corrected chi connectivity index (χ0v) is 20.8. The second kappa shape index (κ2) is 9.27. The van der Waals surface area contributed by atoms with Gasteiger partial charge < -0.3 is 15.7 Å². The lowest BCUT2D eigenvalue weighted by Crippen LogP contribution is -2.30. The van der Waals surface area contributed by atoms with Crippen LogP contribution in [0.15, 0.2) is 42.7 Å². The summed E-state index contributed by atoms with van der Waals surface area (Å²) < 4.78 is 9.67. The number of carbonyl (C=O) groups excluding carboxylic acids is 2. The Labute approximate surface area is 219 Å². The minimum atomic E-state index is -0.977. The third kappa shape index (κ3) is 4.12. The van der Waals surface area contributed by atoms with Crippen LogP contribution in [0.2, 0.25) is 0 Å². The molecule has 0 radical (unpaired) electrons. The number of amides is 2. The largest absolute Gasteiger partial charge is 0.478 e. The summed E-state index contributed by atoms with van der Waals surface area (Å²) in [5.74, 6) is -1.78. The smallest absolute Gasteiger partial charge is 0.335 e. The van der Waals surface area contributed by atoms with Crippen LogP contribution < -0.4 is 10.6 Å². The molecule has 13 heteroatoms. The van der Waals surface area contributed by atoms with E-state index in [9.17, 15) is 19.5 Å². The molecular weight excluding hydrogens is 508 g/mol. The van der Waals surface area contributed by atoms with Crippen molar-refractivity contribution in [1.82, 2.24) is 39.0 Å². The molecule has 1 aliphatic carbocycles. The van der Waals surface area contributed by atoms with Crippen LogP contribution in [-0.4, -0.2) is 51.2 Å². The zero-order valence-electron chi connectivity index (χ0n) is 20.0. The molecule has 190 valence electrons. The Kier molecular flexibility index (Phi) is 5.76. The van der Waals surface area contributed by atoms with E-state index in [1.165, 1.54) is 16.9 Å². The number of aromatic carboxylic acids is 1. The quantitative estimate of drug-likeness (QED) is 0.300. The number of hydrogen-bond acceptors (Lipinski definition) is 9. The van der Waals surface area contributed by atoms with E-state index >= 15 is 0 Å². The lowest BCUT2D eigenvalue weighted by Gasteiger charge is -2.16. The Morgan fingerprint density at radius 3 is 2.79 bits per heavy atom. The highest BCUT2D eigenvalue weighted by atomic mass is 32.1. The standard InChI is InChI=1S/C25H20N8O4S/c1-12-14-5-7-17(16(14)4-3-15(12)24(36)37)29-23(35)21-9-20(30-25-27-11-28-33(21)25)22(34)26-10-13-2-6-18-19(8-13)32-38-31-18/h2-4,6,8-9,11,17H,5,7,10H2,1H3,(H,26,34)(H,29,35)(H,36,37)/t17-/m0/s1. The summed E-state index contributed by atoms with van der Waals surface area (Å²) in [6.45, 7) is 2.02. The highest BCUT2D eigenvalue weighted by Gasteiger charge is 2.29. The number of carboxylic acids is 1. The molecule has 5 aromatic rings. The molecule has 12 nitrogen and oxygen atoms in total. The van der Waals surface area contributed by atoms with Crippen molar-refractivity contribution in [3.05, 3.63) is 81.9 Å². The molecule has 0 aliphatic heterocycles. The van der Waals surface area contributed by atoms with E-state index in [-0.39, 0.29) is 35.3 Å². The highest BCUT2D eigenvalue weighted by Crippen LogP contribution is 2.35. The molecule has 38 heavy (non-hydrogen) atoms. The number of carbonyl (C=O) groups is 3. The van der Waals surface area contributed by atoms with Crippen molar-refractivity contribution in [1.29, 1.82) is 0 Å². The zero-order chi connectivity index (χ0) is 26.4. The van der Waals surface area contributed by atoms with Gasteiger partial charge in [0.25, 0.3) is 17.6 Å². The van der Waals surface area contributed by atoms with Crippen molar-refractivity contribution >= 4 is 46.3 Å². The van der Waals surface area contributed by atoms with Gasteiger partial charge >= 0.3 is 5.97 Å². The number of rotatable bonds is 6. The average Bonchev–Trinajstić information content (AvgIpc) is 3.66. The third-order valence-electron chi connectivity index (χ3n) is 6.72. The topological polar surface area (TPSA) is 164 Å². The first-order chi connectivity index (χ1) is 18.4. The third-order valence-corrected chi connectivity index (χ3v) is 7.27. The molecule has 1 aliphatic rings. The first kappa shape index (κ1) is 23.6. The molecule has 0 saturated carbocycles. The van der Waals surface area contributed by atoms with Crippen LogP contribution in [0.5, 0.6) is 0 Å². The maximum atomic E-state index is 13.4. The van der Waals surface area contributed by atoms with Crippen molar-refractivity contribution < 1.29 is 19.5 Å². The maximum absolute atomic E-state index is 13.4. The lowest BCUT2D eigenvalue weighted by molar-refractivity contribution is 0.0695. The molecule has 0 spiro atoms. The Morgan fingerprint density at radius 1 is 1.11 bits per heavy atom.